The maximum absolute atomic E-state index is 13.3. The van der Waals surface area contributed by atoms with Gasteiger partial charge in [-0.15, -0.1) is 0 Å². The Morgan fingerprint density at radius 3 is 2.25 bits per heavy atom. The minimum Gasteiger partial charge on any atom is -0.459 e. The van der Waals surface area contributed by atoms with E-state index in [2.05, 4.69) is 5.32 Å². The number of ether oxygens (including phenoxy) is 1. The van der Waals surface area contributed by atoms with Crippen molar-refractivity contribution in [2.24, 2.45) is 7.05 Å². The van der Waals surface area contributed by atoms with Crippen LogP contribution in [0.25, 0.3) is 0 Å². The molecule has 0 spiro atoms. The van der Waals surface area contributed by atoms with E-state index in [1.54, 1.807) is 25.5 Å². The highest BCUT2D eigenvalue weighted by Gasteiger charge is 2.22. The number of hydrogen-bond donors (Lipinski definition) is 1. The van der Waals surface area contributed by atoms with E-state index in [0.29, 0.717) is 29.1 Å². The highest BCUT2D eigenvalue weighted by Crippen LogP contribution is 2.24. The standard InChI is InChI=1S/C18H16ClF3N2O4/c1-8-13(4-5-28-18(27)16(19)25)24(3)9(2)14(8)17(26)23-10-6-11(20)15(22)12(21)7-10/h6-7H,4-5H2,1-3H3,(H,23,26). The number of amides is 1. The number of nitrogens with zero attached hydrogens (tertiary/aromatic N) is 1. The number of esters is 1. The molecule has 6 nitrogen and oxygen atoms in total. The Kier molecular flexibility index (Phi) is 6.50. The normalized spacial score (nSPS) is 10.7. The van der Waals surface area contributed by atoms with Crippen molar-refractivity contribution in [1.82, 2.24) is 4.57 Å². The lowest BCUT2D eigenvalue weighted by atomic mass is 10.1. The van der Waals surface area contributed by atoms with Gasteiger partial charge in [-0.2, -0.15) is 0 Å². The van der Waals surface area contributed by atoms with Gasteiger partial charge in [-0.3, -0.25) is 9.59 Å². The largest absolute Gasteiger partial charge is 0.459 e. The molecule has 1 N–H and O–H groups in total. The molecule has 1 heterocycles. The molecule has 0 fully saturated rings. The zero-order valence-electron chi connectivity index (χ0n) is 15.2. The van der Waals surface area contributed by atoms with Crippen LogP contribution in [0.2, 0.25) is 0 Å². The predicted molar refractivity (Wildman–Crippen MR) is 94.7 cm³/mol. The molecule has 0 saturated carbocycles. The lowest BCUT2D eigenvalue weighted by molar-refractivity contribution is -0.150. The molecule has 10 heteroatoms. The first-order valence-corrected chi connectivity index (χ1v) is 8.39. The topological polar surface area (TPSA) is 77.4 Å². The van der Waals surface area contributed by atoms with Crippen molar-refractivity contribution < 1.29 is 32.3 Å². The summed E-state index contributed by atoms with van der Waals surface area (Å²) in [5.74, 6) is -6.29. The molecule has 2 aromatic rings. The predicted octanol–water partition coefficient (Wildman–Crippen LogP) is 3.16. The van der Waals surface area contributed by atoms with Crippen molar-refractivity contribution >= 4 is 34.4 Å². The molecule has 0 aliphatic rings. The molecule has 0 unspecified atom stereocenters. The Morgan fingerprint density at radius 2 is 1.71 bits per heavy atom. The number of carbonyl (C=O) groups is 3. The molecule has 0 aliphatic heterocycles. The summed E-state index contributed by atoms with van der Waals surface area (Å²) in [5.41, 5.74) is 1.76. The Hall–Kier alpha value is -2.81. The molecule has 0 atom stereocenters. The Bertz CT molecular complexity index is 949. The third-order valence-electron chi connectivity index (χ3n) is 4.28. The summed E-state index contributed by atoms with van der Waals surface area (Å²) in [6, 6.07) is 1.35. The average molecular weight is 417 g/mol. The number of anilines is 1. The summed E-state index contributed by atoms with van der Waals surface area (Å²) in [5, 5.41) is 1.09. The van der Waals surface area contributed by atoms with Crippen molar-refractivity contribution in [3.8, 4) is 0 Å². The summed E-state index contributed by atoms with van der Waals surface area (Å²) >= 11 is 5.00. The summed E-state index contributed by atoms with van der Waals surface area (Å²) in [6.07, 6.45) is 0.201. The minimum atomic E-state index is -1.63. The summed E-state index contributed by atoms with van der Waals surface area (Å²) in [4.78, 5) is 34.4. The zero-order chi connectivity index (χ0) is 21.2. The van der Waals surface area contributed by atoms with Crippen molar-refractivity contribution in [3.05, 3.63) is 52.1 Å². The molecular formula is C18H16ClF3N2O4. The number of nitrogens with one attached hydrogen (secondary N) is 1. The SMILES string of the molecule is Cc1c(C(=O)Nc2cc(F)c(F)c(F)c2)c(C)n(C)c1CCOC(=O)C(=O)Cl. The molecule has 0 radical (unpaired) electrons. The van der Waals surface area contributed by atoms with E-state index in [-0.39, 0.29) is 24.3 Å². The van der Waals surface area contributed by atoms with E-state index in [4.69, 9.17) is 16.3 Å². The Morgan fingerprint density at radius 1 is 1.14 bits per heavy atom. The minimum absolute atomic E-state index is 0.134. The van der Waals surface area contributed by atoms with E-state index in [1.165, 1.54) is 0 Å². The first-order chi connectivity index (χ1) is 13.0. The quantitative estimate of drug-likeness (QED) is 0.339. The van der Waals surface area contributed by atoms with Crippen LogP contribution in [0.3, 0.4) is 0 Å². The van der Waals surface area contributed by atoms with E-state index in [1.807, 2.05) is 0 Å². The number of rotatable bonds is 6. The molecule has 0 aliphatic carbocycles. The molecule has 0 bridgehead atoms. The number of benzene rings is 1. The van der Waals surface area contributed by atoms with Crippen molar-refractivity contribution in [3.63, 3.8) is 0 Å². The van der Waals surface area contributed by atoms with E-state index in [0.717, 1.165) is 0 Å². The summed E-state index contributed by atoms with van der Waals surface area (Å²) in [7, 11) is 1.68. The third-order valence-corrected chi connectivity index (χ3v) is 4.43. The van der Waals surface area contributed by atoms with Gasteiger partial charge in [0.2, 0.25) is 0 Å². The summed E-state index contributed by atoms with van der Waals surface area (Å²) in [6.45, 7) is 3.17. The van der Waals surface area contributed by atoms with Crippen LogP contribution < -0.4 is 5.32 Å². The second kappa shape index (κ2) is 8.47. The molecule has 0 saturated heterocycles. The zero-order valence-corrected chi connectivity index (χ0v) is 15.9. The number of aromatic nitrogens is 1. The summed E-state index contributed by atoms with van der Waals surface area (Å²) < 4.78 is 46.1. The van der Waals surface area contributed by atoms with Gasteiger partial charge in [0.05, 0.1) is 12.2 Å². The van der Waals surface area contributed by atoms with Gasteiger partial charge in [0.25, 0.3) is 5.91 Å². The maximum Gasteiger partial charge on any atom is 0.391 e. The smallest absolute Gasteiger partial charge is 0.391 e. The maximum atomic E-state index is 13.3. The molecule has 28 heavy (non-hydrogen) atoms. The van der Waals surface area contributed by atoms with Crippen LogP contribution in [-0.4, -0.2) is 28.3 Å². The van der Waals surface area contributed by atoms with Crippen LogP contribution >= 0.6 is 11.6 Å². The molecule has 1 amide bonds. The third kappa shape index (κ3) is 4.36. The first kappa shape index (κ1) is 21.5. The van der Waals surface area contributed by atoms with Gasteiger partial charge < -0.3 is 14.6 Å². The monoisotopic (exact) mass is 416 g/mol. The molecule has 1 aromatic heterocycles. The van der Waals surface area contributed by atoms with Gasteiger partial charge in [-0.1, -0.05) is 0 Å². The molecule has 2 rings (SSSR count). The average Bonchev–Trinajstić information content (AvgIpc) is 2.82. The highest BCUT2D eigenvalue weighted by molar-refractivity contribution is 6.80. The van der Waals surface area contributed by atoms with E-state index >= 15 is 0 Å². The van der Waals surface area contributed by atoms with Crippen molar-refractivity contribution in [2.75, 3.05) is 11.9 Å². The van der Waals surface area contributed by atoms with Gasteiger partial charge in [-0.25, -0.2) is 18.0 Å². The van der Waals surface area contributed by atoms with E-state index in [9.17, 15) is 27.6 Å². The molecule has 1 aromatic carbocycles. The van der Waals surface area contributed by atoms with Crippen LogP contribution in [0.15, 0.2) is 12.1 Å². The molecular weight excluding hydrogens is 401 g/mol. The van der Waals surface area contributed by atoms with Gasteiger partial charge >= 0.3 is 11.2 Å². The number of halogens is 4. The Labute approximate surface area is 163 Å². The van der Waals surface area contributed by atoms with Crippen LogP contribution in [0.1, 0.15) is 27.3 Å². The number of carbonyl (C=O) groups excluding carboxylic acids is 3. The van der Waals surface area contributed by atoms with Crippen LogP contribution in [0.5, 0.6) is 0 Å². The van der Waals surface area contributed by atoms with E-state index < -0.39 is 34.6 Å². The fourth-order valence-corrected chi connectivity index (χ4v) is 2.90. The fourth-order valence-electron chi connectivity index (χ4n) is 2.85. The lowest BCUT2D eigenvalue weighted by Gasteiger charge is -2.07. The van der Waals surface area contributed by atoms with Gasteiger partial charge in [0, 0.05) is 42.7 Å². The first-order valence-electron chi connectivity index (χ1n) is 8.01. The second-order valence-corrected chi connectivity index (χ2v) is 6.30. The van der Waals surface area contributed by atoms with Crippen LogP contribution in [-0.2, 0) is 27.8 Å². The van der Waals surface area contributed by atoms with Crippen LogP contribution in [0.4, 0.5) is 18.9 Å². The fraction of sp³-hybridized carbons (Fsp3) is 0.278. The molecule has 150 valence electrons. The second-order valence-electron chi connectivity index (χ2n) is 5.96. The van der Waals surface area contributed by atoms with Crippen molar-refractivity contribution in [1.29, 1.82) is 0 Å². The number of hydrogen-bond acceptors (Lipinski definition) is 4. The lowest BCUT2D eigenvalue weighted by Crippen LogP contribution is -2.15. The van der Waals surface area contributed by atoms with Gasteiger partial charge in [0.1, 0.15) is 0 Å². The van der Waals surface area contributed by atoms with Crippen LogP contribution in [0, 0.1) is 31.3 Å². The van der Waals surface area contributed by atoms with Gasteiger partial charge in [0.15, 0.2) is 17.5 Å². The highest BCUT2D eigenvalue weighted by atomic mass is 35.5. The Balaban J connectivity index is 2.23. The van der Waals surface area contributed by atoms with Crippen molar-refractivity contribution in [2.45, 2.75) is 20.3 Å². The van der Waals surface area contributed by atoms with Gasteiger partial charge in [-0.05, 0) is 31.0 Å².